The van der Waals surface area contributed by atoms with Gasteiger partial charge in [0.25, 0.3) is 0 Å². The van der Waals surface area contributed by atoms with Crippen LogP contribution in [0.2, 0.25) is 0 Å². The highest BCUT2D eigenvalue weighted by Gasteiger charge is 2.19. The Labute approximate surface area is 501 Å². The smallest absolute Gasteiger partial charge is 0.306 e. The Balaban J connectivity index is 4.43. The zero-order valence-electron chi connectivity index (χ0n) is 53.3. The van der Waals surface area contributed by atoms with E-state index in [1.807, 2.05) is 0 Å². The molecule has 1 atom stereocenters. The summed E-state index contributed by atoms with van der Waals surface area (Å²) in [6, 6.07) is 0. The molecule has 6 heteroatoms. The Hall–Kier alpha value is -3.93. The van der Waals surface area contributed by atoms with E-state index >= 15 is 0 Å². The molecule has 0 aromatic rings. The van der Waals surface area contributed by atoms with Gasteiger partial charge in [-0.3, -0.25) is 14.4 Å². The summed E-state index contributed by atoms with van der Waals surface area (Å²) in [5.41, 5.74) is 0. The summed E-state index contributed by atoms with van der Waals surface area (Å²) in [5, 5.41) is 0. The molecule has 0 saturated heterocycles. The van der Waals surface area contributed by atoms with E-state index in [4.69, 9.17) is 14.2 Å². The quantitative estimate of drug-likeness (QED) is 0.0261. The van der Waals surface area contributed by atoms with E-state index in [1.54, 1.807) is 0 Å². The van der Waals surface area contributed by atoms with Crippen LogP contribution in [0.4, 0.5) is 0 Å². The number of carbonyl (C=O) groups excluding carboxylic acids is 3. The van der Waals surface area contributed by atoms with Gasteiger partial charge in [0.15, 0.2) is 6.10 Å². The maximum atomic E-state index is 13.0. The summed E-state index contributed by atoms with van der Waals surface area (Å²) in [5.74, 6) is -0.901. The molecule has 0 N–H and O–H groups in total. The van der Waals surface area contributed by atoms with Crippen LogP contribution in [-0.4, -0.2) is 37.2 Å². The van der Waals surface area contributed by atoms with Crippen LogP contribution in [0.3, 0.4) is 0 Å². The molecular weight excluding hydrogens is 997 g/mol. The van der Waals surface area contributed by atoms with Crippen LogP contribution in [0.1, 0.15) is 329 Å². The molecule has 6 nitrogen and oxygen atoms in total. The molecule has 0 heterocycles. The zero-order valence-corrected chi connectivity index (χ0v) is 53.3. The first-order chi connectivity index (χ1) is 40.0. The van der Waals surface area contributed by atoms with Crippen LogP contribution in [0.25, 0.3) is 0 Å². The van der Waals surface area contributed by atoms with Gasteiger partial charge >= 0.3 is 17.9 Å². The van der Waals surface area contributed by atoms with Crippen molar-refractivity contribution in [1.29, 1.82) is 0 Å². The third-order valence-electron chi connectivity index (χ3n) is 14.8. The predicted molar refractivity (Wildman–Crippen MR) is 353 cm³/mol. The molecule has 0 aliphatic carbocycles. The van der Waals surface area contributed by atoms with Crippen molar-refractivity contribution in [3.05, 3.63) is 109 Å². The Morgan fingerprint density at radius 3 is 0.753 bits per heavy atom. The van der Waals surface area contributed by atoms with E-state index in [0.29, 0.717) is 19.3 Å². The van der Waals surface area contributed by atoms with Crippen LogP contribution in [0.5, 0.6) is 0 Å². The fourth-order valence-corrected chi connectivity index (χ4v) is 9.63. The van der Waals surface area contributed by atoms with Crippen LogP contribution in [0.15, 0.2) is 109 Å². The molecule has 0 rings (SSSR count). The summed E-state index contributed by atoms with van der Waals surface area (Å²) < 4.78 is 17.0. The lowest BCUT2D eigenvalue weighted by molar-refractivity contribution is -0.167. The van der Waals surface area contributed by atoms with Gasteiger partial charge in [-0.1, -0.05) is 310 Å². The lowest BCUT2D eigenvalue weighted by Gasteiger charge is -2.18. The zero-order chi connectivity index (χ0) is 58.5. The number of allylic oxidation sites excluding steroid dienone is 18. The van der Waals surface area contributed by atoms with Gasteiger partial charge in [0.1, 0.15) is 13.2 Å². The third-order valence-corrected chi connectivity index (χ3v) is 14.8. The molecule has 0 spiro atoms. The summed E-state index contributed by atoms with van der Waals surface area (Å²) >= 11 is 0. The van der Waals surface area contributed by atoms with Gasteiger partial charge in [-0.05, 0) is 109 Å². The largest absolute Gasteiger partial charge is 0.462 e. The number of unbranched alkanes of at least 4 members (excludes halogenated alkanes) is 33. The second-order valence-electron chi connectivity index (χ2n) is 22.7. The average molecular weight is 1130 g/mol. The number of rotatable bonds is 62. The SMILES string of the molecule is CC/C=C\C/C=C\C/C=C\C/C=C\C/C=C\C/C=C\CCCCCCCCC(=O)OCC(COC(=O)CCCCCCCCCCCCCCCCCCC)OC(=O)CCCCCCCC/C=C\C/C=C\C/C=C\CCCCCCC. The van der Waals surface area contributed by atoms with E-state index in [9.17, 15) is 14.4 Å². The van der Waals surface area contributed by atoms with Crippen molar-refractivity contribution in [3.63, 3.8) is 0 Å². The summed E-state index contributed by atoms with van der Waals surface area (Å²) in [7, 11) is 0. The van der Waals surface area contributed by atoms with Crippen molar-refractivity contribution in [1.82, 2.24) is 0 Å². The number of hydrogen-bond donors (Lipinski definition) is 0. The molecule has 81 heavy (non-hydrogen) atoms. The second kappa shape index (κ2) is 68.6. The van der Waals surface area contributed by atoms with Gasteiger partial charge in [-0.25, -0.2) is 0 Å². The van der Waals surface area contributed by atoms with Crippen molar-refractivity contribution in [2.24, 2.45) is 0 Å². The molecule has 0 aromatic carbocycles. The maximum absolute atomic E-state index is 13.0. The van der Waals surface area contributed by atoms with Gasteiger partial charge in [0, 0.05) is 19.3 Å². The lowest BCUT2D eigenvalue weighted by atomic mass is 10.0. The van der Waals surface area contributed by atoms with E-state index in [0.717, 1.165) is 135 Å². The Morgan fingerprint density at radius 1 is 0.259 bits per heavy atom. The topological polar surface area (TPSA) is 78.9 Å². The molecule has 0 aliphatic rings. The summed E-state index contributed by atoms with van der Waals surface area (Å²) in [6.45, 7) is 6.53. The molecule has 464 valence electrons. The molecule has 0 amide bonds. The van der Waals surface area contributed by atoms with Crippen molar-refractivity contribution in [3.8, 4) is 0 Å². The summed E-state index contributed by atoms with van der Waals surface area (Å²) in [6.07, 6.45) is 93.8. The van der Waals surface area contributed by atoms with E-state index in [-0.39, 0.29) is 31.1 Å². The number of esters is 3. The van der Waals surface area contributed by atoms with Crippen LogP contribution < -0.4 is 0 Å². The van der Waals surface area contributed by atoms with Crippen LogP contribution in [0, 0.1) is 0 Å². The number of carbonyl (C=O) groups is 3. The van der Waals surface area contributed by atoms with E-state index in [2.05, 4.69) is 130 Å². The van der Waals surface area contributed by atoms with Gasteiger partial charge < -0.3 is 14.2 Å². The number of ether oxygens (including phenoxy) is 3. The van der Waals surface area contributed by atoms with Gasteiger partial charge in [0.2, 0.25) is 0 Å². The standard InChI is InChI=1S/C75H128O6/c1-4-7-10-13-16-19-22-25-28-31-33-35-36-37-38-40-41-44-47-50-53-56-59-62-65-68-74(77)80-71-72(70-79-73(76)67-64-61-58-55-52-49-46-43-30-27-24-21-18-15-12-9-6-3)81-75(78)69-66-63-60-57-54-51-48-45-42-39-34-32-29-26-23-20-17-14-11-8-5-2/h7,10,16,19,23,25-26,28,32-35,37-38,41-42,44-45,72H,4-6,8-9,11-15,17-18,20-22,24,27,29-31,36,39-40,43,46-71H2,1-3H3/b10-7-,19-16-,26-23-,28-25-,34-32-,35-33-,38-37-,44-41-,45-42-. The fraction of sp³-hybridized carbons (Fsp3) is 0.720. The minimum absolute atomic E-state index is 0.0865. The fourth-order valence-electron chi connectivity index (χ4n) is 9.63. The van der Waals surface area contributed by atoms with Gasteiger partial charge in [0.05, 0.1) is 0 Å². The summed E-state index contributed by atoms with van der Waals surface area (Å²) in [4.78, 5) is 38.5. The Kier molecular flexibility index (Phi) is 65.2. The van der Waals surface area contributed by atoms with Crippen LogP contribution >= 0.6 is 0 Å². The lowest BCUT2D eigenvalue weighted by Crippen LogP contribution is -2.30. The molecule has 0 radical (unpaired) electrons. The normalized spacial score (nSPS) is 12.8. The van der Waals surface area contributed by atoms with Crippen molar-refractivity contribution < 1.29 is 28.6 Å². The van der Waals surface area contributed by atoms with E-state index in [1.165, 1.54) is 154 Å². The molecular formula is C75H128O6. The van der Waals surface area contributed by atoms with Gasteiger partial charge in [-0.2, -0.15) is 0 Å². The first-order valence-corrected chi connectivity index (χ1v) is 34.4. The minimum Gasteiger partial charge on any atom is -0.462 e. The van der Waals surface area contributed by atoms with E-state index < -0.39 is 6.10 Å². The predicted octanol–water partition coefficient (Wildman–Crippen LogP) is 23.8. The highest BCUT2D eigenvalue weighted by Crippen LogP contribution is 2.17. The monoisotopic (exact) mass is 1120 g/mol. The highest BCUT2D eigenvalue weighted by atomic mass is 16.6. The maximum Gasteiger partial charge on any atom is 0.306 e. The minimum atomic E-state index is -0.794. The molecule has 1 unspecified atom stereocenters. The first kappa shape index (κ1) is 77.1. The second-order valence-corrected chi connectivity index (χ2v) is 22.7. The van der Waals surface area contributed by atoms with Crippen molar-refractivity contribution in [2.75, 3.05) is 13.2 Å². The van der Waals surface area contributed by atoms with Crippen molar-refractivity contribution >= 4 is 17.9 Å². The Morgan fingerprint density at radius 2 is 0.481 bits per heavy atom. The molecule has 0 aliphatic heterocycles. The van der Waals surface area contributed by atoms with Crippen LogP contribution in [-0.2, 0) is 28.6 Å². The number of hydrogen-bond acceptors (Lipinski definition) is 6. The molecule has 0 aromatic heterocycles. The molecule has 0 bridgehead atoms. The first-order valence-electron chi connectivity index (χ1n) is 34.4. The molecule has 0 saturated carbocycles. The highest BCUT2D eigenvalue weighted by molar-refractivity contribution is 5.71. The molecule has 0 fully saturated rings. The van der Waals surface area contributed by atoms with Gasteiger partial charge in [-0.15, -0.1) is 0 Å². The van der Waals surface area contributed by atoms with Crippen molar-refractivity contribution in [2.45, 2.75) is 335 Å². The Bertz CT molecular complexity index is 1620. The average Bonchev–Trinajstić information content (AvgIpc) is 3.47. The third kappa shape index (κ3) is 66.8.